The second-order valence-electron chi connectivity index (χ2n) is 5.01. The van der Waals surface area contributed by atoms with Crippen molar-refractivity contribution in [3.63, 3.8) is 0 Å². The van der Waals surface area contributed by atoms with E-state index in [9.17, 15) is 14.4 Å². The number of hydrogen-bond donors (Lipinski definition) is 1. The zero-order valence-electron chi connectivity index (χ0n) is 13.3. The number of nitrogens with zero attached hydrogens (tertiary/aromatic N) is 1. The molecule has 6 nitrogen and oxygen atoms in total. The average molecular weight is 306 g/mol. The van der Waals surface area contributed by atoms with Crippen LogP contribution < -0.4 is 15.0 Å². The molecule has 2 amide bonds. The second kappa shape index (κ2) is 8.17. The number of para-hydroxylation sites is 2. The molecule has 6 heteroatoms. The van der Waals surface area contributed by atoms with Crippen molar-refractivity contribution in [2.75, 3.05) is 12.0 Å². The van der Waals surface area contributed by atoms with E-state index in [1.165, 1.54) is 18.9 Å². The largest absolute Gasteiger partial charge is 0.495 e. The first-order valence-corrected chi connectivity index (χ1v) is 7.17. The first-order valence-electron chi connectivity index (χ1n) is 7.17. The lowest BCUT2D eigenvalue weighted by Crippen LogP contribution is -2.47. The van der Waals surface area contributed by atoms with Crippen LogP contribution in [-0.4, -0.2) is 37.3 Å². The maximum absolute atomic E-state index is 12.2. The normalized spacial score (nSPS) is 12.9. The number of hydrogen-bond acceptors (Lipinski definition) is 4. The van der Waals surface area contributed by atoms with Gasteiger partial charge in [-0.2, -0.15) is 0 Å². The Kier molecular flexibility index (Phi) is 6.56. The van der Waals surface area contributed by atoms with Crippen LogP contribution in [0.15, 0.2) is 24.3 Å². The van der Waals surface area contributed by atoms with Crippen molar-refractivity contribution in [3.8, 4) is 5.75 Å². The van der Waals surface area contributed by atoms with Crippen LogP contribution in [0.3, 0.4) is 0 Å². The monoisotopic (exact) mass is 306 g/mol. The molecule has 0 bridgehead atoms. The van der Waals surface area contributed by atoms with Crippen molar-refractivity contribution < 1.29 is 19.1 Å². The third-order valence-corrected chi connectivity index (χ3v) is 3.49. The summed E-state index contributed by atoms with van der Waals surface area (Å²) in [7, 11) is 1.48. The Morgan fingerprint density at radius 1 is 1.32 bits per heavy atom. The van der Waals surface area contributed by atoms with Crippen molar-refractivity contribution in [2.45, 2.75) is 39.3 Å². The molecule has 1 unspecified atom stereocenters. The molecule has 0 saturated heterocycles. The molecular weight excluding hydrogens is 284 g/mol. The van der Waals surface area contributed by atoms with E-state index in [1.807, 2.05) is 13.8 Å². The van der Waals surface area contributed by atoms with Crippen molar-refractivity contribution >= 4 is 23.8 Å². The third-order valence-electron chi connectivity index (χ3n) is 3.49. The minimum absolute atomic E-state index is 0.0976. The number of methoxy groups -OCH3 is 1. The van der Waals surface area contributed by atoms with Crippen LogP contribution in [0, 0.1) is 0 Å². The number of rotatable bonds is 8. The SMILES string of the molecule is CC[C@H](C)NC(=O)C(=O)C(C)N(C=O)c1ccccc1OC. The van der Waals surface area contributed by atoms with E-state index in [2.05, 4.69) is 5.32 Å². The molecule has 2 atom stereocenters. The van der Waals surface area contributed by atoms with Crippen molar-refractivity contribution in [1.29, 1.82) is 0 Å². The minimum atomic E-state index is -0.919. The summed E-state index contributed by atoms with van der Waals surface area (Å²) >= 11 is 0. The summed E-state index contributed by atoms with van der Waals surface area (Å²) in [6.07, 6.45) is 1.24. The molecule has 0 spiro atoms. The topological polar surface area (TPSA) is 75.7 Å². The third kappa shape index (κ3) is 4.07. The van der Waals surface area contributed by atoms with Crippen LogP contribution >= 0.6 is 0 Å². The Morgan fingerprint density at radius 3 is 2.50 bits per heavy atom. The molecule has 1 N–H and O–H groups in total. The molecule has 0 aliphatic rings. The molecule has 0 radical (unpaired) electrons. The van der Waals surface area contributed by atoms with Crippen LogP contribution in [0.25, 0.3) is 0 Å². The van der Waals surface area contributed by atoms with Gasteiger partial charge < -0.3 is 15.0 Å². The number of anilines is 1. The van der Waals surface area contributed by atoms with E-state index < -0.39 is 17.7 Å². The molecule has 1 rings (SSSR count). The number of ether oxygens (including phenoxy) is 1. The first kappa shape index (κ1) is 17.7. The number of benzene rings is 1. The van der Waals surface area contributed by atoms with E-state index in [0.717, 1.165) is 6.42 Å². The predicted octanol–water partition coefficient (Wildman–Crippen LogP) is 1.53. The van der Waals surface area contributed by atoms with Gasteiger partial charge in [-0.3, -0.25) is 14.4 Å². The van der Waals surface area contributed by atoms with Gasteiger partial charge in [-0.05, 0) is 32.4 Å². The first-order chi connectivity index (χ1) is 10.5. The number of carbonyl (C=O) groups excluding carboxylic acids is 3. The predicted molar refractivity (Wildman–Crippen MR) is 83.9 cm³/mol. The summed E-state index contributed by atoms with van der Waals surface area (Å²) in [6.45, 7) is 5.23. The molecule has 0 fully saturated rings. The molecule has 0 heterocycles. The molecule has 0 saturated carbocycles. The van der Waals surface area contributed by atoms with Crippen LogP contribution in [0.5, 0.6) is 5.75 Å². The maximum Gasteiger partial charge on any atom is 0.289 e. The van der Waals surface area contributed by atoms with E-state index in [0.29, 0.717) is 17.8 Å². The Hall–Kier alpha value is -2.37. The van der Waals surface area contributed by atoms with E-state index in [4.69, 9.17) is 4.74 Å². The van der Waals surface area contributed by atoms with Crippen LogP contribution in [0.1, 0.15) is 27.2 Å². The van der Waals surface area contributed by atoms with Gasteiger partial charge >= 0.3 is 0 Å². The highest BCUT2D eigenvalue weighted by Gasteiger charge is 2.29. The molecule has 1 aromatic rings. The molecule has 22 heavy (non-hydrogen) atoms. The lowest BCUT2D eigenvalue weighted by molar-refractivity contribution is -0.139. The van der Waals surface area contributed by atoms with Gasteiger partial charge in [0.25, 0.3) is 5.91 Å². The van der Waals surface area contributed by atoms with Gasteiger partial charge in [0.15, 0.2) is 0 Å². The van der Waals surface area contributed by atoms with Gasteiger partial charge in [0, 0.05) is 6.04 Å². The maximum atomic E-state index is 12.2. The van der Waals surface area contributed by atoms with Gasteiger partial charge in [0.2, 0.25) is 12.2 Å². The highest BCUT2D eigenvalue weighted by atomic mass is 16.5. The number of nitrogens with one attached hydrogen (secondary N) is 1. The van der Waals surface area contributed by atoms with Crippen molar-refractivity contribution in [3.05, 3.63) is 24.3 Å². The summed E-state index contributed by atoms with van der Waals surface area (Å²) in [5.74, 6) is -0.904. The summed E-state index contributed by atoms with van der Waals surface area (Å²) < 4.78 is 5.19. The fourth-order valence-corrected chi connectivity index (χ4v) is 1.91. The zero-order chi connectivity index (χ0) is 16.7. The average Bonchev–Trinajstić information content (AvgIpc) is 2.54. The van der Waals surface area contributed by atoms with Crippen molar-refractivity contribution in [2.24, 2.45) is 0 Å². The Labute approximate surface area is 130 Å². The minimum Gasteiger partial charge on any atom is -0.495 e. The van der Waals surface area contributed by atoms with Crippen LogP contribution in [-0.2, 0) is 14.4 Å². The number of ketones is 1. The Bertz CT molecular complexity index is 545. The van der Waals surface area contributed by atoms with E-state index in [1.54, 1.807) is 24.3 Å². The van der Waals surface area contributed by atoms with Gasteiger partial charge in [0.05, 0.1) is 12.8 Å². The van der Waals surface area contributed by atoms with Gasteiger partial charge in [0.1, 0.15) is 11.8 Å². The quantitative estimate of drug-likeness (QED) is 0.584. The second-order valence-corrected chi connectivity index (χ2v) is 5.01. The number of Topliss-reactive ketones (excluding diaryl/α,β-unsaturated/α-hetero) is 1. The van der Waals surface area contributed by atoms with Crippen LogP contribution in [0.2, 0.25) is 0 Å². The fourth-order valence-electron chi connectivity index (χ4n) is 1.91. The van der Waals surface area contributed by atoms with Crippen LogP contribution in [0.4, 0.5) is 5.69 Å². The van der Waals surface area contributed by atoms with E-state index >= 15 is 0 Å². The summed E-state index contributed by atoms with van der Waals surface area (Å²) in [5, 5.41) is 2.61. The fraction of sp³-hybridized carbons (Fsp3) is 0.438. The highest BCUT2D eigenvalue weighted by molar-refractivity contribution is 6.39. The van der Waals surface area contributed by atoms with E-state index in [-0.39, 0.29) is 6.04 Å². The molecule has 120 valence electrons. The molecule has 0 aromatic heterocycles. The van der Waals surface area contributed by atoms with Gasteiger partial charge in [-0.25, -0.2) is 0 Å². The Morgan fingerprint density at radius 2 is 1.95 bits per heavy atom. The highest BCUT2D eigenvalue weighted by Crippen LogP contribution is 2.28. The lowest BCUT2D eigenvalue weighted by Gasteiger charge is -2.25. The molecular formula is C16H22N2O4. The molecule has 0 aliphatic heterocycles. The van der Waals surface area contributed by atoms with Crippen molar-refractivity contribution in [1.82, 2.24) is 5.32 Å². The van der Waals surface area contributed by atoms with Gasteiger partial charge in [-0.1, -0.05) is 19.1 Å². The summed E-state index contributed by atoms with van der Waals surface area (Å²) in [5.41, 5.74) is 0.442. The lowest BCUT2D eigenvalue weighted by atomic mass is 10.1. The Balaban J connectivity index is 2.97. The standard InChI is InChI=1S/C16H22N2O4/c1-5-11(2)17-16(21)15(20)12(3)18(10-19)13-8-6-7-9-14(13)22-4/h6-12H,5H2,1-4H3,(H,17,21)/t11-,12?/m0/s1. The number of carbonyl (C=O) groups is 3. The zero-order valence-corrected chi connectivity index (χ0v) is 13.3. The number of amides is 2. The molecule has 1 aromatic carbocycles. The smallest absolute Gasteiger partial charge is 0.289 e. The summed E-state index contributed by atoms with van der Waals surface area (Å²) in [6, 6.07) is 5.81. The summed E-state index contributed by atoms with van der Waals surface area (Å²) in [4.78, 5) is 36.7. The van der Waals surface area contributed by atoms with Gasteiger partial charge in [-0.15, -0.1) is 0 Å². The molecule has 0 aliphatic carbocycles.